The Labute approximate surface area is 229 Å². The van der Waals surface area contributed by atoms with Crippen molar-refractivity contribution in [1.82, 2.24) is 19.6 Å². The molecule has 1 aromatic carbocycles. The number of ether oxygens (including phenoxy) is 3. The fourth-order valence-corrected chi connectivity index (χ4v) is 4.65. The van der Waals surface area contributed by atoms with Gasteiger partial charge in [0.15, 0.2) is 0 Å². The van der Waals surface area contributed by atoms with Gasteiger partial charge in [0.2, 0.25) is 0 Å². The van der Waals surface area contributed by atoms with Crippen LogP contribution in [0, 0.1) is 5.92 Å². The standard InChI is InChI=1S/C28H32F2N4O6/c1-28(2,3)40-27(37)33-13-17(14-33)24(35)15-7-8-34-19(12-31-22(34)11-15)16-9-20(38-4)23(21(10-16)39-26(29)30)25(36)32-18-5-6-18/h7-12,17-18,24,26,35H,5-6,13-14H2,1-4H3,(H,32,36). The number of fused-ring (bicyclic) bond motifs is 1. The van der Waals surface area contributed by atoms with Crippen LogP contribution < -0.4 is 14.8 Å². The third kappa shape index (κ3) is 5.81. The van der Waals surface area contributed by atoms with E-state index in [1.54, 1.807) is 60.7 Å². The van der Waals surface area contributed by atoms with E-state index < -0.39 is 30.3 Å². The third-order valence-corrected chi connectivity index (χ3v) is 6.82. The van der Waals surface area contributed by atoms with Crippen molar-refractivity contribution >= 4 is 17.6 Å². The topological polar surface area (TPSA) is 115 Å². The van der Waals surface area contributed by atoms with Crippen molar-refractivity contribution in [3.05, 3.63) is 47.8 Å². The molecule has 5 rings (SSSR count). The molecule has 0 radical (unpaired) electrons. The van der Waals surface area contributed by atoms with Crippen LogP contribution in [0.4, 0.5) is 13.6 Å². The summed E-state index contributed by atoms with van der Waals surface area (Å²) in [5.74, 6) is -0.909. The molecule has 2 amide bonds. The molecule has 1 aliphatic heterocycles. The predicted molar refractivity (Wildman–Crippen MR) is 141 cm³/mol. The van der Waals surface area contributed by atoms with Crippen molar-refractivity contribution in [3.63, 3.8) is 0 Å². The third-order valence-electron chi connectivity index (χ3n) is 6.82. The second-order valence-corrected chi connectivity index (χ2v) is 11.1. The summed E-state index contributed by atoms with van der Waals surface area (Å²) < 4.78 is 43.8. The Kier molecular flexibility index (Phi) is 7.30. The maximum Gasteiger partial charge on any atom is 0.410 e. The number of imidazole rings is 1. The van der Waals surface area contributed by atoms with Gasteiger partial charge < -0.3 is 29.5 Å². The van der Waals surface area contributed by atoms with E-state index in [2.05, 4.69) is 10.3 Å². The van der Waals surface area contributed by atoms with E-state index in [0.717, 1.165) is 12.8 Å². The number of hydrogen-bond acceptors (Lipinski definition) is 7. The first kappa shape index (κ1) is 27.6. The number of hydrogen-bond donors (Lipinski definition) is 2. The first-order chi connectivity index (χ1) is 18.9. The minimum Gasteiger partial charge on any atom is -0.496 e. The van der Waals surface area contributed by atoms with Crippen LogP contribution in [-0.4, -0.2) is 69.8 Å². The molecule has 2 aliphatic rings. The number of halogens is 2. The number of methoxy groups -OCH3 is 1. The molecule has 2 aromatic heterocycles. The number of alkyl halides is 2. The van der Waals surface area contributed by atoms with Crippen molar-refractivity contribution in [1.29, 1.82) is 0 Å². The van der Waals surface area contributed by atoms with Gasteiger partial charge in [0.1, 0.15) is 28.3 Å². The Hall–Kier alpha value is -3.93. The van der Waals surface area contributed by atoms with Crippen LogP contribution in [0.2, 0.25) is 0 Å². The highest BCUT2D eigenvalue weighted by atomic mass is 19.3. The molecule has 2 fully saturated rings. The van der Waals surface area contributed by atoms with Crippen LogP contribution in [0.25, 0.3) is 16.9 Å². The predicted octanol–water partition coefficient (Wildman–Crippen LogP) is 4.40. The van der Waals surface area contributed by atoms with E-state index in [0.29, 0.717) is 35.6 Å². The molecule has 1 unspecified atom stereocenters. The van der Waals surface area contributed by atoms with E-state index >= 15 is 0 Å². The molecular formula is C28H32F2N4O6. The Morgan fingerprint density at radius 3 is 2.48 bits per heavy atom. The van der Waals surface area contributed by atoms with Gasteiger partial charge in [-0.25, -0.2) is 9.78 Å². The SMILES string of the molecule is COc1cc(-c2cnc3cc(C(O)C4CN(C(=O)OC(C)(C)C)C4)ccn23)cc(OC(F)F)c1C(=O)NC1CC1. The van der Waals surface area contributed by atoms with Crippen LogP contribution in [-0.2, 0) is 4.74 Å². The first-order valence-corrected chi connectivity index (χ1v) is 13.0. The molecule has 3 aromatic rings. The number of aliphatic hydroxyl groups is 1. The average Bonchev–Trinajstić information content (AvgIpc) is 3.55. The second-order valence-electron chi connectivity index (χ2n) is 11.1. The molecular weight excluding hydrogens is 526 g/mol. The molecule has 40 heavy (non-hydrogen) atoms. The molecule has 1 atom stereocenters. The van der Waals surface area contributed by atoms with Crippen molar-refractivity contribution in [2.24, 2.45) is 5.92 Å². The number of carbonyl (C=O) groups is 2. The number of likely N-dealkylation sites (tertiary alicyclic amines) is 1. The molecule has 2 N–H and O–H groups in total. The van der Waals surface area contributed by atoms with E-state index in [1.807, 2.05) is 0 Å². The molecule has 12 heteroatoms. The van der Waals surface area contributed by atoms with Gasteiger partial charge in [-0.1, -0.05) is 0 Å². The maximum absolute atomic E-state index is 13.3. The van der Waals surface area contributed by atoms with Crippen LogP contribution in [0.1, 0.15) is 55.6 Å². The number of carbonyl (C=O) groups excluding carboxylic acids is 2. The first-order valence-electron chi connectivity index (χ1n) is 13.0. The Bertz CT molecular complexity index is 1430. The average molecular weight is 559 g/mol. The summed E-state index contributed by atoms with van der Waals surface area (Å²) in [5.41, 5.74) is 1.44. The lowest BCUT2D eigenvalue weighted by Gasteiger charge is -2.42. The second kappa shape index (κ2) is 10.6. The van der Waals surface area contributed by atoms with E-state index in [4.69, 9.17) is 14.2 Å². The number of benzene rings is 1. The van der Waals surface area contributed by atoms with Crippen molar-refractivity contribution in [2.75, 3.05) is 20.2 Å². The molecule has 0 spiro atoms. The minimum atomic E-state index is -3.14. The highest BCUT2D eigenvalue weighted by molar-refractivity contribution is 6.01. The van der Waals surface area contributed by atoms with Gasteiger partial charge in [-0.15, -0.1) is 0 Å². The summed E-state index contributed by atoms with van der Waals surface area (Å²) in [6.07, 6.45) is 3.71. The van der Waals surface area contributed by atoms with Gasteiger partial charge in [0.05, 0.1) is 25.1 Å². The lowest BCUT2D eigenvalue weighted by Crippen LogP contribution is -2.53. The van der Waals surface area contributed by atoms with E-state index in [1.165, 1.54) is 13.2 Å². The van der Waals surface area contributed by atoms with E-state index in [-0.39, 0.29) is 29.0 Å². The number of nitrogens with zero attached hydrogens (tertiary/aromatic N) is 3. The molecule has 3 heterocycles. The summed E-state index contributed by atoms with van der Waals surface area (Å²) in [7, 11) is 1.35. The number of rotatable bonds is 8. The fraction of sp³-hybridized carbons (Fsp3) is 0.464. The number of amides is 2. The van der Waals surface area contributed by atoms with Gasteiger partial charge >= 0.3 is 12.7 Å². The highest BCUT2D eigenvalue weighted by Crippen LogP contribution is 2.38. The maximum atomic E-state index is 13.3. The van der Waals surface area contributed by atoms with Gasteiger partial charge in [-0.2, -0.15) is 8.78 Å². The van der Waals surface area contributed by atoms with Crippen molar-refractivity contribution in [2.45, 2.75) is 58.0 Å². The van der Waals surface area contributed by atoms with Crippen LogP contribution >= 0.6 is 0 Å². The summed E-state index contributed by atoms with van der Waals surface area (Å²) in [5, 5.41) is 13.7. The summed E-state index contributed by atoms with van der Waals surface area (Å²) in [4.78, 5) is 31.0. The Balaban J connectivity index is 1.38. The van der Waals surface area contributed by atoms with Crippen molar-refractivity contribution in [3.8, 4) is 22.8 Å². The molecule has 214 valence electrons. The Morgan fingerprint density at radius 1 is 1.15 bits per heavy atom. The van der Waals surface area contributed by atoms with Crippen LogP contribution in [0.3, 0.4) is 0 Å². The molecule has 0 bridgehead atoms. The van der Waals surface area contributed by atoms with Crippen LogP contribution in [0.5, 0.6) is 11.5 Å². The zero-order valence-corrected chi connectivity index (χ0v) is 22.7. The lowest BCUT2D eigenvalue weighted by molar-refractivity contribution is -0.0502. The van der Waals surface area contributed by atoms with E-state index in [9.17, 15) is 23.5 Å². The number of aromatic nitrogens is 2. The quantitative estimate of drug-likeness (QED) is 0.421. The van der Waals surface area contributed by atoms with Gasteiger partial charge in [0, 0.05) is 36.8 Å². The zero-order chi connectivity index (χ0) is 28.8. The number of nitrogens with one attached hydrogen (secondary N) is 1. The molecule has 1 aliphatic carbocycles. The fourth-order valence-electron chi connectivity index (χ4n) is 4.65. The largest absolute Gasteiger partial charge is 0.496 e. The van der Waals surface area contributed by atoms with Crippen LogP contribution in [0.15, 0.2) is 36.7 Å². The molecule has 1 saturated heterocycles. The lowest BCUT2D eigenvalue weighted by atomic mass is 9.90. The van der Waals surface area contributed by atoms with Gasteiger partial charge in [-0.3, -0.25) is 9.20 Å². The molecule has 1 saturated carbocycles. The summed E-state index contributed by atoms with van der Waals surface area (Å²) in [6.45, 7) is 3.00. The smallest absolute Gasteiger partial charge is 0.410 e. The number of pyridine rings is 1. The summed E-state index contributed by atoms with van der Waals surface area (Å²) >= 11 is 0. The number of aliphatic hydroxyl groups excluding tert-OH is 1. The van der Waals surface area contributed by atoms with Crippen molar-refractivity contribution < 1.29 is 37.7 Å². The van der Waals surface area contributed by atoms with Gasteiger partial charge in [-0.05, 0) is 63.4 Å². The monoisotopic (exact) mass is 558 g/mol. The normalized spacial score (nSPS) is 16.6. The highest BCUT2D eigenvalue weighted by Gasteiger charge is 2.38. The summed E-state index contributed by atoms with van der Waals surface area (Å²) in [6, 6.07) is 6.42. The molecule has 10 nitrogen and oxygen atoms in total. The zero-order valence-electron chi connectivity index (χ0n) is 22.7. The Morgan fingerprint density at radius 2 is 1.85 bits per heavy atom. The minimum absolute atomic E-state index is 0.0138. The van der Waals surface area contributed by atoms with Gasteiger partial charge in [0.25, 0.3) is 5.91 Å².